The highest BCUT2D eigenvalue weighted by Crippen LogP contribution is 2.20. The highest BCUT2D eigenvalue weighted by atomic mass is 32.2. The van der Waals surface area contributed by atoms with E-state index in [-0.39, 0.29) is 11.2 Å². The van der Waals surface area contributed by atoms with Crippen molar-refractivity contribution >= 4 is 23.4 Å². The van der Waals surface area contributed by atoms with Crippen LogP contribution in [0, 0.1) is 0 Å². The summed E-state index contributed by atoms with van der Waals surface area (Å²) in [6, 6.07) is 8.77. The van der Waals surface area contributed by atoms with Crippen LogP contribution in [0.15, 0.2) is 24.3 Å². The zero-order valence-corrected chi connectivity index (χ0v) is 15.4. The molecule has 2 fully saturated rings. The van der Waals surface area contributed by atoms with Gasteiger partial charge in [-0.3, -0.25) is 9.69 Å². The van der Waals surface area contributed by atoms with Crippen LogP contribution in [-0.4, -0.2) is 73.3 Å². The van der Waals surface area contributed by atoms with Crippen LogP contribution in [0.1, 0.15) is 12.5 Å². The van der Waals surface area contributed by atoms with E-state index in [1.807, 2.05) is 11.8 Å². The maximum Gasteiger partial charge on any atom is 0.236 e. The number of hydrogen-bond acceptors (Lipinski definition) is 5. The monoisotopic (exact) mass is 349 g/mol. The highest BCUT2D eigenvalue weighted by molar-refractivity contribution is 8.00. The van der Waals surface area contributed by atoms with Gasteiger partial charge >= 0.3 is 0 Å². The van der Waals surface area contributed by atoms with E-state index in [2.05, 4.69) is 41.1 Å². The Morgan fingerprint density at radius 3 is 2.62 bits per heavy atom. The van der Waals surface area contributed by atoms with Gasteiger partial charge in [-0.25, -0.2) is 0 Å². The third-order valence-electron chi connectivity index (χ3n) is 4.57. The van der Waals surface area contributed by atoms with Crippen LogP contribution in [0.3, 0.4) is 0 Å². The number of benzene rings is 1. The maximum atomic E-state index is 12.2. The number of nitrogens with zero attached hydrogens (tertiary/aromatic N) is 3. The molecular formula is C18H27N3O2S. The molecule has 2 aliphatic heterocycles. The average Bonchev–Trinajstić information content (AvgIpc) is 2.60. The second-order valence-corrected chi connectivity index (χ2v) is 7.98. The summed E-state index contributed by atoms with van der Waals surface area (Å²) < 4.78 is 5.40. The molecule has 1 aromatic rings. The second kappa shape index (κ2) is 8.23. The van der Waals surface area contributed by atoms with Gasteiger partial charge in [-0.05, 0) is 31.7 Å². The Kier molecular flexibility index (Phi) is 6.03. The van der Waals surface area contributed by atoms with Crippen molar-refractivity contribution < 1.29 is 9.53 Å². The van der Waals surface area contributed by atoms with Gasteiger partial charge in [0.2, 0.25) is 5.91 Å². The summed E-state index contributed by atoms with van der Waals surface area (Å²) in [5, 5.41) is 0.0972. The lowest BCUT2D eigenvalue weighted by molar-refractivity contribution is -0.132. The molecule has 2 saturated heterocycles. The Morgan fingerprint density at radius 2 is 1.92 bits per heavy atom. The van der Waals surface area contributed by atoms with Crippen LogP contribution in [0.2, 0.25) is 0 Å². The molecule has 0 radical (unpaired) electrons. The van der Waals surface area contributed by atoms with Crippen LogP contribution in [0.5, 0.6) is 0 Å². The normalized spacial score (nSPS) is 22.3. The largest absolute Gasteiger partial charge is 0.378 e. The highest BCUT2D eigenvalue weighted by Gasteiger charge is 2.26. The maximum absolute atomic E-state index is 12.2. The number of hydrogen-bond donors (Lipinski definition) is 0. The summed E-state index contributed by atoms with van der Waals surface area (Å²) in [5.74, 6) is 1.30. The minimum absolute atomic E-state index is 0.0972. The van der Waals surface area contributed by atoms with E-state index in [4.69, 9.17) is 4.74 Å². The lowest BCUT2D eigenvalue weighted by atomic mass is 10.2. The number of amides is 1. The van der Waals surface area contributed by atoms with E-state index in [0.29, 0.717) is 6.67 Å². The van der Waals surface area contributed by atoms with Crippen molar-refractivity contribution in [2.45, 2.75) is 18.7 Å². The van der Waals surface area contributed by atoms with Crippen LogP contribution in [0.4, 0.5) is 5.69 Å². The zero-order chi connectivity index (χ0) is 16.9. The Morgan fingerprint density at radius 1 is 1.21 bits per heavy atom. The number of anilines is 1. The predicted molar refractivity (Wildman–Crippen MR) is 99.4 cm³/mol. The molecule has 3 rings (SSSR count). The van der Waals surface area contributed by atoms with Crippen LogP contribution < -0.4 is 4.90 Å². The fourth-order valence-corrected chi connectivity index (χ4v) is 4.18. The number of ether oxygens (including phenoxy) is 1. The molecule has 0 bridgehead atoms. The summed E-state index contributed by atoms with van der Waals surface area (Å²) in [7, 11) is 2.08. The van der Waals surface area contributed by atoms with E-state index >= 15 is 0 Å². The molecule has 5 nitrogen and oxygen atoms in total. The molecule has 0 aromatic heterocycles. The molecule has 132 valence electrons. The minimum atomic E-state index is 0.0972. The number of thioether (sulfide) groups is 1. The minimum Gasteiger partial charge on any atom is -0.378 e. The van der Waals surface area contributed by atoms with Crippen LogP contribution >= 0.6 is 11.8 Å². The Hall–Kier alpha value is -1.24. The van der Waals surface area contributed by atoms with Crippen molar-refractivity contribution in [3.8, 4) is 0 Å². The quantitative estimate of drug-likeness (QED) is 0.811. The first-order valence-corrected chi connectivity index (χ1v) is 9.69. The van der Waals surface area contributed by atoms with E-state index in [1.165, 1.54) is 11.3 Å². The molecule has 0 N–H and O–H groups in total. The van der Waals surface area contributed by atoms with E-state index < -0.39 is 0 Å². The van der Waals surface area contributed by atoms with Crippen LogP contribution in [0.25, 0.3) is 0 Å². The Balaban J connectivity index is 1.52. The number of morpholine rings is 1. The van der Waals surface area contributed by atoms with Crippen molar-refractivity contribution in [2.24, 2.45) is 0 Å². The van der Waals surface area contributed by atoms with Gasteiger partial charge in [-0.2, -0.15) is 0 Å². The molecule has 2 aliphatic rings. The zero-order valence-electron chi connectivity index (χ0n) is 14.6. The van der Waals surface area contributed by atoms with Crippen molar-refractivity contribution in [2.75, 3.05) is 57.2 Å². The summed E-state index contributed by atoms with van der Waals surface area (Å²) in [6.07, 6.45) is 0. The van der Waals surface area contributed by atoms with Gasteiger partial charge < -0.3 is 14.5 Å². The Labute approximate surface area is 148 Å². The first kappa shape index (κ1) is 17.6. The van der Waals surface area contributed by atoms with Gasteiger partial charge in [0.25, 0.3) is 0 Å². The third-order valence-corrected chi connectivity index (χ3v) is 5.69. The molecule has 24 heavy (non-hydrogen) atoms. The van der Waals surface area contributed by atoms with Crippen LogP contribution in [-0.2, 0) is 16.1 Å². The summed E-state index contributed by atoms with van der Waals surface area (Å²) in [6.45, 7) is 7.97. The predicted octanol–water partition coefficient (Wildman–Crippen LogP) is 1.88. The number of carbonyl (C=O) groups is 1. The summed E-state index contributed by atoms with van der Waals surface area (Å²) in [5.41, 5.74) is 2.54. The average molecular weight is 350 g/mol. The number of rotatable bonds is 5. The lowest BCUT2D eigenvalue weighted by Gasteiger charge is -2.33. The first-order chi connectivity index (χ1) is 11.6. The molecule has 0 saturated carbocycles. The topological polar surface area (TPSA) is 36.0 Å². The van der Waals surface area contributed by atoms with Gasteiger partial charge in [0.15, 0.2) is 0 Å². The molecule has 0 spiro atoms. The van der Waals surface area contributed by atoms with Crippen molar-refractivity contribution in [1.29, 1.82) is 0 Å². The molecule has 0 unspecified atom stereocenters. The molecule has 2 heterocycles. The molecular weight excluding hydrogens is 322 g/mol. The van der Waals surface area contributed by atoms with E-state index in [9.17, 15) is 4.79 Å². The SMILES string of the molecule is C[C@H]1SCCN(CN(C)Cc2ccc(N3CCOCC3)cc2)C1=O. The van der Waals surface area contributed by atoms with Gasteiger partial charge in [-0.1, -0.05) is 12.1 Å². The van der Waals surface area contributed by atoms with Crippen molar-refractivity contribution in [3.63, 3.8) is 0 Å². The van der Waals surface area contributed by atoms with Gasteiger partial charge in [0.05, 0.1) is 25.1 Å². The molecule has 1 amide bonds. The third kappa shape index (κ3) is 4.43. The Bertz CT molecular complexity index is 546. The summed E-state index contributed by atoms with van der Waals surface area (Å²) in [4.78, 5) is 18.7. The van der Waals surface area contributed by atoms with Gasteiger partial charge in [0.1, 0.15) is 0 Å². The van der Waals surface area contributed by atoms with E-state index in [0.717, 1.165) is 45.1 Å². The molecule has 6 heteroatoms. The number of carbonyl (C=O) groups excluding carboxylic acids is 1. The fourth-order valence-electron chi connectivity index (χ4n) is 3.21. The smallest absolute Gasteiger partial charge is 0.236 e. The van der Waals surface area contributed by atoms with E-state index in [1.54, 1.807) is 11.8 Å². The van der Waals surface area contributed by atoms with Crippen molar-refractivity contribution in [1.82, 2.24) is 9.80 Å². The fraction of sp³-hybridized carbons (Fsp3) is 0.611. The second-order valence-electron chi connectivity index (χ2n) is 6.54. The standard InChI is InChI=1S/C18H27N3O2S/c1-15-18(22)21(9-12-24-15)14-19(2)13-16-3-5-17(6-4-16)20-7-10-23-11-8-20/h3-6,15H,7-14H2,1-2H3/t15-/m1/s1. The molecule has 1 atom stereocenters. The first-order valence-electron chi connectivity index (χ1n) is 8.64. The van der Waals surface area contributed by atoms with Gasteiger partial charge in [-0.15, -0.1) is 11.8 Å². The molecule has 0 aliphatic carbocycles. The molecule has 1 aromatic carbocycles. The van der Waals surface area contributed by atoms with Gasteiger partial charge in [0, 0.05) is 37.6 Å². The summed E-state index contributed by atoms with van der Waals surface area (Å²) >= 11 is 1.75. The van der Waals surface area contributed by atoms with Crippen molar-refractivity contribution in [3.05, 3.63) is 29.8 Å². The lowest BCUT2D eigenvalue weighted by Crippen LogP contribution is -2.47.